The third kappa shape index (κ3) is 2.98. The monoisotopic (exact) mass is 256 g/mol. The van der Waals surface area contributed by atoms with E-state index in [9.17, 15) is 0 Å². The van der Waals surface area contributed by atoms with Crippen LogP contribution in [-0.2, 0) is 6.61 Å². The molecule has 0 atom stereocenters. The van der Waals surface area contributed by atoms with E-state index in [-0.39, 0.29) is 0 Å². The van der Waals surface area contributed by atoms with Gasteiger partial charge in [-0.2, -0.15) is 5.10 Å². The van der Waals surface area contributed by atoms with Crippen molar-refractivity contribution in [1.82, 2.24) is 9.78 Å². The van der Waals surface area contributed by atoms with Crippen molar-refractivity contribution < 1.29 is 4.74 Å². The number of aryl methyl sites for hydroxylation is 1. The first-order chi connectivity index (χ1) is 9.31. The van der Waals surface area contributed by atoms with Crippen molar-refractivity contribution in [3.8, 4) is 5.75 Å². The average molecular weight is 256 g/mol. The van der Waals surface area contributed by atoms with Gasteiger partial charge in [-0.05, 0) is 43.5 Å². The molecule has 2 aromatic rings. The van der Waals surface area contributed by atoms with Crippen LogP contribution < -0.4 is 4.74 Å². The Kier molecular flexibility index (Phi) is 3.53. The third-order valence-corrected chi connectivity index (χ3v) is 3.74. The molecule has 0 spiro atoms. The van der Waals surface area contributed by atoms with Crippen molar-refractivity contribution in [3.05, 3.63) is 47.8 Å². The SMILES string of the molecule is Cc1cccc(OCc2ccn(C3CCCC3)n2)c1. The van der Waals surface area contributed by atoms with Crippen molar-refractivity contribution >= 4 is 0 Å². The van der Waals surface area contributed by atoms with E-state index in [1.54, 1.807) is 0 Å². The lowest BCUT2D eigenvalue weighted by atomic mass is 10.2. The van der Waals surface area contributed by atoms with Crippen molar-refractivity contribution in [1.29, 1.82) is 0 Å². The van der Waals surface area contributed by atoms with E-state index in [0.717, 1.165) is 11.4 Å². The highest BCUT2D eigenvalue weighted by atomic mass is 16.5. The molecule has 0 radical (unpaired) electrons. The quantitative estimate of drug-likeness (QED) is 0.830. The topological polar surface area (TPSA) is 27.1 Å². The summed E-state index contributed by atoms with van der Waals surface area (Å²) in [4.78, 5) is 0. The molecule has 0 unspecified atom stereocenters. The summed E-state index contributed by atoms with van der Waals surface area (Å²) in [5.41, 5.74) is 2.22. The Morgan fingerprint density at radius 1 is 1.26 bits per heavy atom. The number of ether oxygens (including phenoxy) is 1. The molecule has 0 saturated heterocycles. The number of benzene rings is 1. The molecule has 100 valence electrons. The highest BCUT2D eigenvalue weighted by molar-refractivity contribution is 5.27. The van der Waals surface area contributed by atoms with Gasteiger partial charge in [-0.25, -0.2) is 0 Å². The lowest BCUT2D eigenvalue weighted by Gasteiger charge is -2.09. The van der Waals surface area contributed by atoms with Crippen LogP contribution in [0.5, 0.6) is 5.75 Å². The molecule has 1 aliphatic carbocycles. The van der Waals surface area contributed by atoms with E-state index >= 15 is 0 Å². The summed E-state index contributed by atoms with van der Waals surface area (Å²) in [6.07, 6.45) is 7.28. The summed E-state index contributed by atoms with van der Waals surface area (Å²) < 4.78 is 7.89. The van der Waals surface area contributed by atoms with Crippen molar-refractivity contribution in [2.75, 3.05) is 0 Å². The first-order valence-corrected chi connectivity index (χ1v) is 7.05. The highest BCUT2D eigenvalue weighted by Crippen LogP contribution is 2.28. The van der Waals surface area contributed by atoms with Gasteiger partial charge in [0.15, 0.2) is 0 Å². The Bertz CT molecular complexity index is 541. The standard InChI is InChI=1S/C16H20N2O/c1-13-5-4-8-16(11-13)19-12-14-9-10-18(17-14)15-6-2-3-7-15/h4-5,8-11,15H,2-3,6-7,12H2,1H3. The lowest BCUT2D eigenvalue weighted by Crippen LogP contribution is -2.06. The zero-order valence-electron chi connectivity index (χ0n) is 11.4. The van der Waals surface area contributed by atoms with Crippen LogP contribution in [0.2, 0.25) is 0 Å². The normalized spacial score (nSPS) is 15.8. The fourth-order valence-corrected chi connectivity index (χ4v) is 2.69. The number of aromatic nitrogens is 2. The van der Waals surface area contributed by atoms with Crippen LogP contribution in [-0.4, -0.2) is 9.78 Å². The van der Waals surface area contributed by atoms with Gasteiger partial charge >= 0.3 is 0 Å². The minimum atomic E-state index is 0.545. The minimum absolute atomic E-state index is 0.545. The predicted molar refractivity (Wildman–Crippen MR) is 75.2 cm³/mol. The maximum Gasteiger partial charge on any atom is 0.132 e. The Balaban J connectivity index is 1.61. The lowest BCUT2D eigenvalue weighted by molar-refractivity contribution is 0.297. The molecule has 0 N–H and O–H groups in total. The van der Waals surface area contributed by atoms with Crippen molar-refractivity contribution in [3.63, 3.8) is 0 Å². The van der Waals surface area contributed by atoms with Gasteiger partial charge < -0.3 is 4.74 Å². The van der Waals surface area contributed by atoms with Gasteiger partial charge in [0.05, 0.1) is 11.7 Å². The van der Waals surface area contributed by atoms with E-state index in [0.29, 0.717) is 12.6 Å². The molecule has 1 aromatic heterocycles. The molecule has 3 nitrogen and oxygen atoms in total. The minimum Gasteiger partial charge on any atom is -0.487 e. The molecule has 3 rings (SSSR count). The Morgan fingerprint density at radius 3 is 2.89 bits per heavy atom. The smallest absolute Gasteiger partial charge is 0.132 e. The van der Waals surface area contributed by atoms with Crippen LogP contribution in [0, 0.1) is 6.92 Å². The molecule has 1 saturated carbocycles. The second-order valence-corrected chi connectivity index (χ2v) is 5.33. The highest BCUT2D eigenvalue weighted by Gasteiger charge is 2.17. The Labute approximate surface area is 114 Å². The van der Waals surface area contributed by atoms with Crippen molar-refractivity contribution in [2.45, 2.75) is 45.3 Å². The van der Waals surface area contributed by atoms with Crippen LogP contribution in [0.25, 0.3) is 0 Å². The first-order valence-electron chi connectivity index (χ1n) is 7.05. The summed E-state index contributed by atoms with van der Waals surface area (Å²) in [7, 11) is 0. The summed E-state index contributed by atoms with van der Waals surface area (Å²) in [5.74, 6) is 0.912. The Hall–Kier alpha value is -1.77. The molecule has 1 fully saturated rings. The van der Waals surface area contributed by atoms with E-state index in [2.05, 4.69) is 35.0 Å². The summed E-state index contributed by atoms with van der Waals surface area (Å²) in [5, 5.41) is 4.62. The zero-order chi connectivity index (χ0) is 13.1. The van der Waals surface area contributed by atoms with Crippen LogP contribution in [0.15, 0.2) is 36.5 Å². The van der Waals surface area contributed by atoms with Gasteiger partial charge in [0.2, 0.25) is 0 Å². The molecule has 19 heavy (non-hydrogen) atoms. The van der Waals surface area contributed by atoms with Crippen molar-refractivity contribution in [2.24, 2.45) is 0 Å². The molecule has 1 aromatic carbocycles. The Morgan fingerprint density at radius 2 is 2.11 bits per heavy atom. The van der Waals surface area contributed by atoms with E-state index in [4.69, 9.17) is 4.74 Å². The van der Waals surface area contributed by atoms with Crippen LogP contribution in [0.3, 0.4) is 0 Å². The van der Waals surface area contributed by atoms with Gasteiger partial charge in [0, 0.05) is 6.20 Å². The van der Waals surface area contributed by atoms with E-state index in [1.165, 1.54) is 31.2 Å². The molecular weight excluding hydrogens is 236 g/mol. The van der Waals surface area contributed by atoms with Crippen LogP contribution in [0.4, 0.5) is 0 Å². The van der Waals surface area contributed by atoms with Gasteiger partial charge in [-0.15, -0.1) is 0 Å². The van der Waals surface area contributed by atoms with Crippen LogP contribution in [0.1, 0.15) is 43.0 Å². The number of nitrogens with zero attached hydrogens (tertiary/aromatic N) is 2. The second kappa shape index (κ2) is 5.47. The number of rotatable bonds is 4. The third-order valence-electron chi connectivity index (χ3n) is 3.74. The fraction of sp³-hybridized carbons (Fsp3) is 0.438. The summed E-state index contributed by atoms with van der Waals surface area (Å²) >= 11 is 0. The first kappa shape index (κ1) is 12.3. The summed E-state index contributed by atoms with van der Waals surface area (Å²) in [6, 6.07) is 10.8. The molecule has 3 heteroatoms. The molecule has 0 aliphatic heterocycles. The second-order valence-electron chi connectivity index (χ2n) is 5.33. The van der Waals surface area contributed by atoms with Gasteiger partial charge in [-0.3, -0.25) is 4.68 Å². The molecule has 0 bridgehead atoms. The summed E-state index contributed by atoms with van der Waals surface area (Å²) in [6.45, 7) is 2.62. The predicted octanol–water partition coefficient (Wildman–Crippen LogP) is 3.89. The van der Waals surface area contributed by atoms with Gasteiger partial charge in [0.1, 0.15) is 12.4 Å². The zero-order valence-corrected chi connectivity index (χ0v) is 11.4. The maximum absolute atomic E-state index is 5.77. The molecule has 0 amide bonds. The van der Waals surface area contributed by atoms with E-state index in [1.807, 2.05) is 18.2 Å². The van der Waals surface area contributed by atoms with Crippen LogP contribution >= 0.6 is 0 Å². The largest absolute Gasteiger partial charge is 0.487 e. The van der Waals surface area contributed by atoms with Gasteiger partial charge in [-0.1, -0.05) is 25.0 Å². The van der Waals surface area contributed by atoms with E-state index < -0.39 is 0 Å². The fourth-order valence-electron chi connectivity index (χ4n) is 2.69. The maximum atomic E-state index is 5.77. The molecular formula is C16H20N2O. The number of hydrogen-bond donors (Lipinski definition) is 0. The van der Waals surface area contributed by atoms with Gasteiger partial charge in [0.25, 0.3) is 0 Å². The molecule has 1 heterocycles. The number of hydrogen-bond acceptors (Lipinski definition) is 2. The average Bonchev–Trinajstić information content (AvgIpc) is 3.07. The molecule has 1 aliphatic rings.